The van der Waals surface area contributed by atoms with Crippen molar-refractivity contribution < 1.29 is 22.1 Å². The Bertz CT molecular complexity index is 1130. The van der Waals surface area contributed by atoms with Crippen molar-refractivity contribution in [2.24, 2.45) is 4.36 Å². The van der Waals surface area contributed by atoms with Gasteiger partial charge in [0, 0.05) is 11.1 Å². The summed E-state index contributed by atoms with van der Waals surface area (Å²) in [6.45, 7) is 5.30. The second-order valence-corrected chi connectivity index (χ2v) is 6.88. The average Bonchev–Trinajstić information content (AvgIpc) is 3.10. The van der Waals surface area contributed by atoms with Gasteiger partial charge >= 0.3 is 6.18 Å². The van der Waals surface area contributed by atoms with Gasteiger partial charge in [-0.3, -0.25) is 0 Å². The summed E-state index contributed by atoms with van der Waals surface area (Å²) in [6, 6.07) is 9.52. The Kier molecular flexibility index (Phi) is 5.61. The number of benzene rings is 2. The first-order chi connectivity index (χ1) is 13.7. The van der Waals surface area contributed by atoms with E-state index in [1.54, 1.807) is 44.2 Å². The molecule has 0 aliphatic carbocycles. The Morgan fingerprint density at radius 3 is 2.38 bits per heavy atom. The van der Waals surface area contributed by atoms with E-state index in [2.05, 4.69) is 9.46 Å². The van der Waals surface area contributed by atoms with Crippen LogP contribution >= 0.6 is 0 Å². The molecule has 1 heterocycles. The normalized spacial score (nSPS) is 11.4. The van der Waals surface area contributed by atoms with E-state index in [1.165, 1.54) is 11.8 Å². The van der Waals surface area contributed by atoms with Gasteiger partial charge in [0.05, 0.1) is 24.2 Å². The molecule has 0 amide bonds. The third-order valence-corrected chi connectivity index (χ3v) is 4.91. The van der Waals surface area contributed by atoms with Crippen LogP contribution in [0.3, 0.4) is 0 Å². The van der Waals surface area contributed by atoms with Crippen LogP contribution in [0, 0.1) is 20.8 Å². The number of hydrogen-bond donors (Lipinski definition) is 0. The van der Waals surface area contributed by atoms with Gasteiger partial charge in [-0.05, 0) is 62.2 Å². The van der Waals surface area contributed by atoms with Gasteiger partial charge in [0.15, 0.2) is 5.69 Å². The van der Waals surface area contributed by atoms with Crippen molar-refractivity contribution in [1.29, 1.82) is 0 Å². The number of aromatic nitrogens is 2. The van der Waals surface area contributed by atoms with Gasteiger partial charge in [0.2, 0.25) is 11.5 Å². The van der Waals surface area contributed by atoms with Gasteiger partial charge in [0.1, 0.15) is 5.75 Å². The largest absolute Gasteiger partial charge is 0.496 e. The first kappa shape index (κ1) is 20.8. The molecule has 3 aromatic rings. The zero-order chi connectivity index (χ0) is 21.3. The Morgan fingerprint density at radius 2 is 1.79 bits per heavy atom. The minimum Gasteiger partial charge on any atom is -0.496 e. The number of halogens is 3. The first-order valence-electron chi connectivity index (χ1n) is 8.60. The van der Waals surface area contributed by atoms with Gasteiger partial charge < -0.3 is 4.74 Å². The van der Waals surface area contributed by atoms with Crippen molar-refractivity contribution in [3.05, 3.63) is 58.8 Å². The summed E-state index contributed by atoms with van der Waals surface area (Å²) in [5.74, 6) is 0.635. The summed E-state index contributed by atoms with van der Waals surface area (Å²) in [4.78, 5) is 0. The summed E-state index contributed by atoms with van der Waals surface area (Å²) in [6.07, 6.45) is -4.60. The van der Waals surface area contributed by atoms with Crippen LogP contribution in [-0.4, -0.2) is 21.1 Å². The topological polar surface area (TPSA) is 56.5 Å². The summed E-state index contributed by atoms with van der Waals surface area (Å²) in [5, 5.41) is 3.83. The highest BCUT2D eigenvalue weighted by atomic mass is 32.1. The van der Waals surface area contributed by atoms with E-state index in [9.17, 15) is 17.4 Å². The number of hydrogen-bond acceptors (Lipinski definition) is 4. The standard InChI is InChI=1S/C20H18F3N3O2S/c1-11-5-7-15(13(3)19(11)25-29-27)26-16(10-18(24-26)20(21,22)23)14-6-8-17(28-4)12(2)9-14/h5-10H,1-4H3. The molecule has 152 valence electrons. The van der Waals surface area contributed by atoms with Gasteiger partial charge in [-0.1, -0.05) is 6.07 Å². The highest BCUT2D eigenvalue weighted by Gasteiger charge is 2.35. The van der Waals surface area contributed by atoms with E-state index in [0.29, 0.717) is 28.3 Å². The summed E-state index contributed by atoms with van der Waals surface area (Å²) < 4.78 is 61.5. The molecule has 0 aliphatic rings. The van der Waals surface area contributed by atoms with E-state index in [1.807, 2.05) is 6.92 Å². The maximum Gasteiger partial charge on any atom is 0.435 e. The van der Waals surface area contributed by atoms with E-state index in [4.69, 9.17) is 4.74 Å². The lowest BCUT2D eigenvalue weighted by molar-refractivity contribution is -0.141. The molecule has 29 heavy (non-hydrogen) atoms. The predicted octanol–water partition coefficient (Wildman–Crippen LogP) is 5.52. The van der Waals surface area contributed by atoms with Crippen molar-refractivity contribution in [2.45, 2.75) is 26.9 Å². The number of aryl methyl sites for hydroxylation is 2. The molecular weight excluding hydrogens is 403 g/mol. The molecule has 5 nitrogen and oxygen atoms in total. The van der Waals surface area contributed by atoms with Gasteiger partial charge in [-0.15, -0.1) is 0 Å². The Hall–Kier alpha value is -2.94. The maximum atomic E-state index is 13.4. The molecule has 0 radical (unpaired) electrons. The third-order valence-electron chi connectivity index (χ3n) is 4.65. The fraction of sp³-hybridized carbons (Fsp3) is 0.250. The van der Waals surface area contributed by atoms with E-state index < -0.39 is 11.9 Å². The predicted molar refractivity (Wildman–Crippen MR) is 105 cm³/mol. The van der Waals surface area contributed by atoms with Gasteiger partial charge in [-0.2, -0.15) is 26.8 Å². The number of nitrogens with zero attached hydrogens (tertiary/aromatic N) is 3. The highest BCUT2D eigenvalue weighted by Crippen LogP contribution is 2.36. The third kappa shape index (κ3) is 3.95. The molecule has 2 aromatic carbocycles. The van der Waals surface area contributed by atoms with Crippen LogP contribution in [0.1, 0.15) is 22.4 Å². The molecule has 0 unspecified atom stereocenters. The van der Waals surface area contributed by atoms with Crippen LogP contribution in [-0.2, 0) is 17.6 Å². The van der Waals surface area contributed by atoms with E-state index in [-0.39, 0.29) is 17.2 Å². The van der Waals surface area contributed by atoms with E-state index >= 15 is 0 Å². The first-order valence-corrected chi connectivity index (χ1v) is 9.30. The molecule has 0 saturated heterocycles. The quantitative estimate of drug-likeness (QED) is 0.557. The van der Waals surface area contributed by atoms with Crippen LogP contribution < -0.4 is 4.74 Å². The van der Waals surface area contributed by atoms with Gasteiger partial charge in [0.25, 0.3) is 0 Å². The van der Waals surface area contributed by atoms with Crippen LogP contribution in [0.5, 0.6) is 5.75 Å². The molecule has 0 spiro atoms. The van der Waals surface area contributed by atoms with Crippen LogP contribution in [0.2, 0.25) is 0 Å². The molecule has 0 N–H and O–H groups in total. The fourth-order valence-corrected chi connectivity index (χ4v) is 3.53. The number of alkyl halides is 3. The molecule has 0 aliphatic heterocycles. The average molecular weight is 421 g/mol. The van der Waals surface area contributed by atoms with E-state index in [0.717, 1.165) is 17.2 Å². The monoisotopic (exact) mass is 421 g/mol. The number of rotatable bonds is 4. The highest BCUT2D eigenvalue weighted by molar-refractivity contribution is 7.54. The van der Waals surface area contributed by atoms with Crippen LogP contribution in [0.4, 0.5) is 18.9 Å². The molecule has 1 aromatic heterocycles. The smallest absolute Gasteiger partial charge is 0.435 e. The number of ether oxygens (including phenoxy) is 1. The molecule has 0 bridgehead atoms. The summed E-state index contributed by atoms with van der Waals surface area (Å²) >= 11 is 0.0545. The second kappa shape index (κ2) is 7.82. The molecular formula is C20H18F3N3O2S. The van der Waals surface area contributed by atoms with Crippen molar-refractivity contribution in [3.8, 4) is 22.7 Å². The SMILES string of the molecule is COc1ccc(-c2cc(C(F)(F)F)nn2-c2ccc(C)c(N=S=O)c2C)cc1C. The summed E-state index contributed by atoms with van der Waals surface area (Å²) in [7, 11) is 1.53. The maximum absolute atomic E-state index is 13.4. The van der Waals surface area contributed by atoms with Crippen LogP contribution in [0.25, 0.3) is 16.9 Å². The lowest BCUT2D eigenvalue weighted by Gasteiger charge is -2.14. The van der Waals surface area contributed by atoms with Crippen molar-refractivity contribution in [2.75, 3.05) is 7.11 Å². The zero-order valence-corrected chi connectivity index (χ0v) is 17.0. The van der Waals surface area contributed by atoms with Crippen molar-refractivity contribution >= 4 is 17.2 Å². The van der Waals surface area contributed by atoms with Gasteiger partial charge in [-0.25, -0.2) is 4.68 Å². The zero-order valence-electron chi connectivity index (χ0n) is 16.2. The Morgan fingerprint density at radius 1 is 1.07 bits per heavy atom. The second-order valence-electron chi connectivity index (χ2n) is 6.55. The Labute approximate surface area is 169 Å². The summed E-state index contributed by atoms with van der Waals surface area (Å²) in [5.41, 5.74) is 2.78. The van der Waals surface area contributed by atoms with Crippen molar-refractivity contribution in [1.82, 2.24) is 9.78 Å². The lowest BCUT2D eigenvalue weighted by Crippen LogP contribution is -2.08. The minimum atomic E-state index is -4.60. The minimum absolute atomic E-state index is 0.0545. The fourth-order valence-electron chi connectivity index (χ4n) is 3.18. The Balaban J connectivity index is 2.30. The molecule has 0 atom stereocenters. The van der Waals surface area contributed by atoms with Crippen LogP contribution in [0.15, 0.2) is 40.8 Å². The lowest BCUT2D eigenvalue weighted by atomic mass is 10.1. The molecule has 0 fully saturated rings. The molecule has 9 heteroatoms. The molecule has 0 saturated carbocycles. The van der Waals surface area contributed by atoms with Crippen molar-refractivity contribution in [3.63, 3.8) is 0 Å². The number of methoxy groups -OCH3 is 1. The molecule has 3 rings (SSSR count).